The van der Waals surface area contributed by atoms with Gasteiger partial charge in [0.15, 0.2) is 0 Å². The summed E-state index contributed by atoms with van der Waals surface area (Å²) < 4.78 is 11.5. The lowest BCUT2D eigenvalue weighted by Crippen LogP contribution is -2.67. The maximum Gasteiger partial charge on any atom is 0.310 e. The minimum Gasteiger partial charge on any atom is -0.481 e. The Kier molecular flexibility index (Phi) is 4.07. The minimum absolute atomic E-state index is 0.387. The van der Waals surface area contributed by atoms with Crippen molar-refractivity contribution in [1.82, 2.24) is 0 Å². The van der Waals surface area contributed by atoms with Gasteiger partial charge in [0.25, 0.3) is 0 Å². The Bertz CT molecular complexity index is 358. The molecule has 2 atom stereocenters. The molecule has 6 heteroatoms. The predicted octanol–water partition coefficient (Wildman–Crippen LogP) is 1.53. The summed E-state index contributed by atoms with van der Waals surface area (Å²) in [6.07, 6.45) is 2.17. The van der Waals surface area contributed by atoms with E-state index in [1.165, 1.54) is 0 Å². The third-order valence-corrected chi connectivity index (χ3v) is 4.81. The molecule has 0 amide bonds. The van der Waals surface area contributed by atoms with Crippen molar-refractivity contribution in [2.75, 3.05) is 13.2 Å². The summed E-state index contributed by atoms with van der Waals surface area (Å²) in [5, 5.41) is 19.1. The number of fused-ring (bicyclic) bond motifs is 3. The summed E-state index contributed by atoms with van der Waals surface area (Å²) in [6, 6.07) is 0. The Labute approximate surface area is 118 Å². The van der Waals surface area contributed by atoms with E-state index in [0.29, 0.717) is 38.9 Å². The van der Waals surface area contributed by atoms with Crippen LogP contribution in [-0.4, -0.2) is 46.6 Å². The van der Waals surface area contributed by atoms with E-state index in [1.54, 1.807) is 0 Å². The molecule has 6 nitrogen and oxygen atoms in total. The van der Waals surface area contributed by atoms with Crippen LogP contribution in [0.25, 0.3) is 0 Å². The van der Waals surface area contributed by atoms with Gasteiger partial charge in [-0.1, -0.05) is 0 Å². The van der Waals surface area contributed by atoms with Crippen molar-refractivity contribution in [3.63, 3.8) is 0 Å². The number of carboxylic acid groups (broad SMARTS) is 2. The van der Waals surface area contributed by atoms with Gasteiger partial charge in [0, 0.05) is 13.2 Å². The summed E-state index contributed by atoms with van der Waals surface area (Å²) in [5.41, 5.74) is -1.72. The van der Waals surface area contributed by atoms with Gasteiger partial charge >= 0.3 is 11.9 Å². The van der Waals surface area contributed by atoms with Crippen LogP contribution in [0.15, 0.2) is 0 Å². The standard InChI is InChI=1S/C14H22O6/c1-3-19-13-5-7-14(8-6-13,20-4-2)10(12(17)18)9(13)11(15)16/h9-10H,3-8H2,1-2H3,(H,15,16)(H,17,18)/t9-,10-,13?,14?/m0/s1. The van der Waals surface area contributed by atoms with Crippen LogP contribution in [0.5, 0.6) is 0 Å². The van der Waals surface area contributed by atoms with Crippen molar-refractivity contribution in [3.05, 3.63) is 0 Å². The maximum atomic E-state index is 11.7. The van der Waals surface area contributed by atoms with Crippen LogP contribution in [0, 0.1) is 11.8 Å². The zero-order valence-electron chi connectivity index (χ0n) is 11.9. The van der Waals surface area contributed by atoms with Gasteiger partial charge in [-0.15, -0.1) is 0 Å². The normalized spacial score (nSPS) is 39.7. The molecule has 0 aromatic rings. The lowest BCUT2D eigenvalue weighted by atomic mass is 9.53. The van der Waals surface area contributed by atoms with E-state index in [1.807, 2.05) is 13.8 Å². The maximum absolute atomic E-state index is 11.7. The van der Waals surface area contributed by atoms with Crippen LogP contribution >= 0.6 is 0 Å². The van der Waals surface area contributed by atoms with E-state index < -0.39 is 35.0 Å². The Balaban J connectivity index is 2.45. The first kappa shape index (κ1) is 15.3. The minimum atomic E-state index is -1.10. The van der Waals surface area contributed by atoms with Crippen molar-refractivity contribution in [2.45, 2.75) is 50.7 Å². The molecule has 3 aliphatic carbocycles. The fourth-order valence-corrected chi connectivity index (χ4v) is 4.10. The monoisotopic (exact) mass is 286 g/mol. The fraction of sp³-hybridized carbons (Fsp3) is 0.857. The van der Waals surface area contributed by atoms with Crippen LogP contribution in [0.3, 0.4) is 0 Å². The average Bonchev–Trinajstić information content (AvgIpc) is 2.39. The van der Waals surface area contributed by atoms with Crippen LogP contribution in [0.1, 0.15) is 39.5 Å². The highest BCUT2D eigenvalue weighted by atomic mass is 16.5. The third-order valence-electron chi connectivity index (χ3n) is 4.81. The Morgan fingerprint density at radius 3 is 1.40 bits per heavy atom. The van der Waals surface area contributed by atoms with Gasteiger partial charge < -0.3 is 19.7 Å². The molecule has 3 rings (SSSR count). The van der Waals surface area contributed by atoms with Crippen LogP contribution in [0.2, 0.25) is 0 Å². The van der Waals surface area contributed by atoms with E-state index >= 15 is 0 Å². The summed E-state index contributed by atoms with van der Waals surface area (Å²) in [5.74, 6) is -4.30. The van der Waals surface area contributed by atoms with Crippen LogP contribution in [-0.2, 0) is 19.1 Å². The van der Waals surface area contributed by atoms with Crippen molar-refractivity contribution in [3.8, 4) is 0 Å². The zero-order valence-corrected chi connectivity index (χ0v) is 11.9. The van der Waals surface area contributed by atoms with Gasteiger partial charge in [-0.2, -0.15) is 0 Å². The van der Waals surface area contributed by atoms with Gasteiger partial charge in [0.1, 0.15) is 11.8 Å². The SMILES string of the molecule is CCOC12CCC(OCC)(CC1)[C@H](C(=O)O)[C@H]2C(=O)O. The second kappa shape index (κ2) is 5.33. The molecule has 114 valence electrons. The summed E-state index contributed by atoms with van der Waals surface area (Å²) >= 11 is 0. The number of hydrogen-bond donors (Lipinski definition) is 2. The van der Waals surface area contributed by atoms with Gasteiger partial charge in [0.05, 0.1) is 11.2 Å². The summed E-state index contributed by atoms with van der Waals surface area (Å²) in [7, 11) is 0. The lowest BCUT2D eigenvalue weighted by Gasteiger charge is -2.58. The molecule has 0 unspecified atom stereocenters. The quantitative estimate of drug-likeness (QED) is 0.769. The molecule has 3 fully saturated rings. The number of ether oxygens (including phenoxy) is 2. The number of aliphatic carboxylic acids is 2. The molecule has 3 aliphatic rings. The van der Waals surface area contributed by atoms with Gasteiger partial charge in [0.2, 0.25) is 0 Å². The van der Waals surface area contributed by atoms with Gasteiger partial charge in [-0.3, -0.25) is 9.59 Å². The van der Waals surface area contributed by atoms with E-state index in [2.05, 4.69) is 0 Å². The molecular weight excluding hydrogens is 264 g/mol. The molecule has 0 aliphatic heterocycles. The predicted molar refractivity (Wildman–Crippen MR) is 69.4 cm³/mol. The number of hydrogen-bond acceptors (Lipinski definition) is 4. The molecule has 0 aromatic carbocycles. The first-order chi connectivity index (χ1) is 9.42. The second-order valence-electron chi connectivity index (χ2n) is 5.63. The fourth-order valence-electron chi connectivity index (χ4n) is 4.10. The Morgan fingerprint density at radius 1 is 0.900 bits per heavy atom. The molecule has 0 spiro atoms. The molecule has 0 radical (unpaired) electrons. The molecular formula is C14H22O6. The topological polar surface area (TPSA) is 93.1 Å². The highest BCUT2D eigenvalue weighted by molar-refractivity contribution is 5.83. The molecule has 0 saturated heterocycles. The highest BCUT2D eigenvalue weighted by Crippen LogP contribution is 2.57. The highest BCUT2D eigenvalue weighted by Gasteiger charge is 2.66. The lowest BCUT2D eigenvalue weighted by molar-refractivity contribution is -0.250. The summed E-state index contributed by atoms with van der Waals surface area (Å²) in [6.45, 7) is 4.39. The average molecular weight is 286 g/mol. The Morgan fingerprint density at radius 2 is 1.20 bits per heavy atom. The third kappa shape index (κ3) is 2.11. The molecule has 0 aromatic heterocycles. The zero-order chi connectivity index (χ0) is 15.0. The molecule has 3 saturated carbocycles. The van der Waals surface area contributed by atoms with Gasteiger partial charge in [-0.25, -0.2) is 0 Å². The largest absolute Gasteiger partial charge is 0.481 e. The smallest absolute Gasteiger partial charge is 0.310 e. The van der Waals surface area contributed by atoms with Crippen molar-refractivity contribution in [1.29, 1.82) is 0 Å². The number of rotatable bonds is 6. The number of carboxylic acids is 2. The molecule has 2 N–H and O–H groups in total. The van der Waals surface area contributed by atoms with E-state index in [9.17, 15) is 19.8 Å². The first-order valence-electron chi connectivity index (χ1n) is 7.16. The van der Waals surface area contributed by atoms with E-state index in [0.717, 1.165) is 0 Å². The summed E-state index contributed by atoms with van der Waals surface area (Å²) in [4.78, 5) is 23.4. The number of carbonyl (C=O) groups is 2. The Hall–Kier alpha value is -1.14. The first-order valence-corrected chi connectivity index (χ1v) is 7.16. The van der Waals surface area contributed by atoms with Crippen LogP contribution < -0.4 is 0 Å². The molecule has 0 heterocycles. The molecule has 2 bridgehead atoms. The van der Waals surface area contributed by atoms with Crippen LogP contribution in [0.4, 0.5) is 0 Å². The van der Waals surface area contributed by atoms with E-state index in [-0.39, 0.29) is 0 Å². The van der Waals surface area contributed by atoms with Crippen molar-refractivity contribution < 1.29 is 29.3 Å². The van der Waals surface area contributed by atoms with Gasteiger partial charge in [-0.05, 0) is 39.5 Å². The molecule has 20 heavy (non-hydrogen) atoms. The van der Waals surface area contributed by atoms with E-state index in [4.69, 9.17) is 9.47 Å². The van der Waals surface area contributed by atoms with Crippen molar-refractivity contribution in [2.24, 2.45) is 11.8 Å². The van der Waals surface area contributed by atoms with Crippen molar-refractivity contribution >= 4 is 11.9 Å². The second-order valence-corrected chi connectivity index (χ2v) is 5.63.